The van der Waals surface area contributed by atoms with Gasteiger partial charge in [-0.15, -0.1) is 0 Å². The Labute approximate surface area is 181 Å². The number of hydrogen-bond acceptors (Lipinski definition) is 4. The van der Waals surface area contributed by atoms with E-state index < -0.39 is 23.7 Å². The Balaban J connectivity index is 1.80. The maximum absolute atomic E-state index is 12.9. The highest BCUT2D eigenvalue weighted by Crippen LogP contribution is 2.34. The Kier molecular flexibility index (Phi) is 5.21. The zero-order valence-corrected chi connectivity index (χ0v) is 18.3. The number of carbonyl (C=O) groups is 2. The number of amides is 1. The van der Waals surface area contributed by atoms with E-state index in [4.69, 9.17) is 4.74 Å². The SMILES string of the molecule is Cc1ccc(Cn2c3c(c4ccccc42)C[C@@H](C(=O)O)N(C(=O)OC(C)(C)C)C3)cn1. The van der Waals surface area contributed by atoms with Crippen molar-refractivity contribution < 1.29 is 19.4 Å². The second-order valence-corrected chi connectivity index (χ2v) is 9.00. The van der Waals surface area contributed by atoms with E-state index in [0.29, 0.717) is 6.54 Å². The molecular weight excluding hydrogens is 394 g/mol. The minimum atomic E-state index is -1.03. The van der Waals surface area contributed by atoms with Gasteiger partial charge in [-0.1, -0.05) is 24.3 Å². The van der Waals surface area contributed by atoms with Gasteiger partial charge in [0.2, 0.25) is 0 Å². The number of nitrogens with zero attached hydrogens (tertiary/aromatic N) is 3. The molecule has 1 atom stereocenters. The number of pyridine rings is 1. The van der Waals surface area contributed by atoms with E-state index in [0.717, 1.165) is 33.4 Å². The number of carboxylic acids is 1. The van der Waals surface area contributed by atoms with Crippen LogP contribution in [-0.2, 0) is 29.0 Å². The maximum Gasteiger partial charge on any atom is 0.411 e. The molecule has 0 saturated heterocycles. The molecule has 3 aromatic rings. The van der Waals surface area contributed by atoms with E-state index in [-0.39, 0.29) is 13.0 Å². The summed E-state index contributed by atoms with van der Waals surface area (Å²) in [6.07, 6.45) is 1.48. The average Bonchev–Trinajstić information content (AvgIpc) is 3.00. The van der Waals surface area contributed by atoms with Crippen LogP contribution in [0.4, 0.5) is 4.79 Å². The summed E-state index contributed by atoms with van der Waals surface area (Å²) in [5.41, 5.74) is 4.21. The zero-order chi connectivity index (χ0) is 22.3. The lowest BCUT2D eigenvalue weighted by molar-refractivity contribution is -0.143. The topological polar surface area (TPSA) is 84.7 Å². The summed E-state index contributed by atoms with van der Waals surface area (Å²) in [5.74, 6) is -1.03. The molecule has 31 heavy (non-hydrogen) atoms. The number of benzene rings is 1. The molecule has 2 aromatic heterocycles. The van der Waals surface area contributed by atoms with E-state index in [1.165, 1.54) is 4.90 Å². The first-order valence-corrected chi connectivity index (χ1v) is 10.4. The molecule has 7 heteroatoms. The Bertz CT molecular complexity index is 1140. The van der Waals surface area contributed by atoms with Gasteiger partial charge in [0, 0.05) is 41.5 Å². The lowest BCUT2D eigenvalue weighted by Gasteiger charge is -2.35. The minimum Gasteiger partial charge on any atom is -0.480 e. The van der Waals surface area contributed by atoms with E-state index in [1.807, 2.05) is 49.5 Å². The fraction of sp³-hybridized carbons (Fsp3) is 0.375. The van der Waals surface area contributed by atoms with Gasteiger partial charge in [-0.2, -0.15) is 0 Å². The molecule has 162 valence electrons. The standard InChI is InChI=1S/C24H27N3O4/c1-15-9-10-16(12-25-15)13-26-19-8-6-5-7-17(19)18-11-20(22(28)29)27(14-21(18)26)23(30)31-24(2,3)4/h5-10,12,20H,11,13-14H2,1-4H3,(H,28,29)/t20-/m0/s1. The molecule has 0 bridgehead atoms. The summed E-state index contributed by atoms with van der Waals surface area (Å²) in [6.45, 7) is 8.03. The number of para-hydroxylation sites is 1. The van der Waals surface area contributed by atoms with E-state index in [9.17, 15) is 14.7 Å². The van der Waals surface area contributed by atoms with Gasteiger partial charge in [0.25, 0.3) is 0 Å². The van der Waals surface area contributed by atoms with E-state index in [2.05, 4.69) is 9.55 Å². The lowest BCUT2D eigenvalue weighted by atomic mass is 9.97. The third kappa shape index (κ3) is 4.13. The zero-order valence-electron chi connectivity index (χ0n) is 18.3. The first-order valence-electron chi connectivity index (χ1n) is 10.4. The number of carbonyl (C=O) groups excluding carboxylic acids is 1. The number of aromatic nitrogens is 2. The Hall–Kier alpha value is -3.35. The first-order chi connectivity index (χ1) is 14.6. The predicted molar refractivity (Wildman–Crippen MR) is 117 cm³/mol. The van der Waals surface area contributed by atoms with Gasteiger partial charge in [-0.25, -0.2) is 9.59 Å². The summed E-state index contributed by atoms with van der Waals surface area (Å²) in [5, 5.41) is 10.9. The lowest BCUT2D eigenvalue weighted by Crippen LogP contribution is -2.50. The van der Waals surface area contributed by atoms with Gasteiger partial charge in [-0.05, 0) is 51.0 Å². The summed E-state index contributed by atoms with van der Waals surface area (Å²) < 4.78 is 7.68. The van der Waals surface area contributed by atoms with Crippen LogP contribution in [0.3, 0.4) is 0 Å². The van der Waals surface area contributed by atoms with Crippen molar-refractivity contribution >= 4 is 23.0 Å². The molecule has 0 saturated carbocycles. The number of fused-ring (bicyclic) bond motifs is 3. The van der Waals surface area contributed by atoms with E-state index in [1.54, 1.807) is 20.8 Å². The van der Waals surface area contributed by atoms with Crippen molar-refractivity contribution in [2.24, 2.45) is 0 Å². The molecule has 1 aromatic carbocycles. The van der Waals surface area contributed by atoms with Crippen LogP contribution in [0, 0.1) is 6.92 Å². The molecule has 1 aliphatic rings. The molecular formula is C24H27N3O4. The van der Waals surface area contributed by atoms with Crippen LogP contribution >= 0.6 is 0 Å². The molecule has 0 aliphatic carbocycles. The van der Waals surface area contributed by atoms with Crippen molar-refractivity contribution in [1.82, 2.24) is 14.5 Å². The predicted octanol–water partition coefficient (Wildman–Crippen LogP) is 4.14. The number of carboxylic acid groups (broad SMARTS) is 1. The van der Waals surface area contributed by atoms with Crippen molar-refractivity contribution in [2.45, 2.75) is 58.8 Å². The van der Waals surface area contributed by atoms with Crippen LogP contribution in [0.2, 0.25) is 0 Å². The molecule has 7 nitrogen and oxygen atoms in total. The van der Waals surface area contributed by atoms with Crippen molar-refractivity contribution in [3.05, 3.63) is 65.1 Å². The quantitative estimate of drug-likeness (QED) is 0.687. The third-order valence-electron chi connectivity index (χ3n) is 5.51. The van der Waals surface area contributed by atoms with Gasteiger partial charge in [0.1, 0.15) is 11.6 Å². The molecule has 1 aliphatic heterocycles. The molecule has 0 fully saturated rings. The van der Waals surface area contributed by atoms with E-state index >= 15 is 0 Å². The summed E-state index contributed by atoms with van der Waals surface area (Å²) in [6, 6.07) is 11.0. The Morgan fingerprint density at radius 3 is 2.58 bits per heavy atom. The van der Waals surface area contributed by atoms with Gasteiger partial charge < -0.3 is 14.4 Å². The Morgan fingerprint density at radius 1 is 1.19 bits per heavy atom. The number of aryl methyl sites for hydroxylation is 1. The summed E-state index contributed by atoms with van der Waals surface area (Å²) in [7, 11) is 0. The summed E-state index contributed by atoms with van der Waals surface area (Å²) in [4.78, 5) is 30.7. The second kappa shape index (κ2) is 7.72. The highest BCUT2D eigenvalue weighted by Gasteiger charge is 2.39. The van der Waals surface area contributed by atoms with Gasteiger partial charge in [0.15, 0.2) is 0 Å². The van der Waals surface area contributed by atoms with Crippen molar-refractivity contribution in [3.63, 3.8) is 0 Å². The second-order valence-electron chi connectivity index (χ2n) is 9.00. The molecule has 1 amide bonds. The maximum atomic E-state index is 12.9. The highest BCUT2D eigenvalue weighted by molar-refractivity contribution is 5.89. The van der Waals surface area contributed by atoms with Crippen LogP contribution in [0.1, 0.15) is 43.3 Å². The van der Waals surface area contributed by atoms with Crippen LogP contribution in [-0.4, -0.2) is 43.3 Å². The van der Waals surface area contributed by atoms with Gasteiger partial charge >= 0.3 is 12.1 Å². The summed E-state index contributed by atoms with van der Waals surface area (Å²) >= 11 is 0. The van der Waals surface area contributed by atoms with Gasteiger partial charge in [0.05, 0.1) is 6.54 Å². The number of aliphatic carboxylic acids is 1. The van der Waals surface area contributed by atoms with Crippen molar-refractivity contribution in [2.75, 3.05) is 0 Å². The van der Waals surface area contributed by atoms with Crippen LogP contribution in [0.25, 0.3) is 10.9 Å². The highest BCUT2D eigenvalue weighted by atomic mass is 16.6. The molecule has 0 unspecified atom stereocenters. The largest absolute Gasteiger partial charge is 0.480 e. The van der Waals surface area contributed by atoms with Crippen molar-refractivity contribution in [3.8, 4) is 0 Å². The van der Waals surface area contributed by atoms with Crippen LogP contribution in [0.15, 0.2) is 42.6 Å². The smallest absolute Gasteiger partial charge is 0.411 e. The number of ether oxygens (including phenoxy) is 1. The number of hydrogen-bond donors (Lipinski definition) is 1. The van der Waals surface area contributed by atoms with Crippen LogP contribution < -0.4 is 0 Å². The fourth-order valence-corrected chi connectivity index (χ4v) is 4.10. The van der Waals surface area contributed by atoms with Crippen LogP contribution in [0.5, 0.6) is 0 Å². The molecule has 1 N–H and O–H groups in total. The van der Waals surface area contributed by atoms with Gasteiger partial charge in [-0.3, -0.25) is 9.88 Å². The fourth-order valence-electron chi connectivity index (χ4n) is 4.10. The van der Waals surface area contributed by atoms with Crippen molar-refractivity contribution in [1.29, 1.82) is 0 Å². The molecule has 0 spiro atoms. The normalized spacial score (nSPS) is 16.3. The minimum absolute atomic E-state index is 0.176. The number of rotatable bonds is 3. The molecule has 4 rings (SSSR count). The Morgan fingerprint density at radius 2 is 1.94 bits per heavy atom. The molecule has 0 radical (unpaired) electrons. The first kappa shape index (κ1) is 20.9. The monoisotopic (exact) mass is 421 g/mol. The third-order valence-corrected chi connectivity index (χ3v) is 5.51. The average molecular weight is 421 g/mol. The molecule has 3 heterocycles.